The van der Waals surface area contributed by atoms with E-state index in [0.29, 0.717) is 0 Å². The van der Waals surface area contributed by atoms with Gasteiger partial charge in [0.25, 0.3) is 0 Å². The van der Waals surface area contributed by atoms with Crippen LogP contribution in [0.25, 0.3) is 6.08 Å². The lowest BCUT2D eigenvalue weighted by molar-refractivity contribution is -0.111. The summed E-state index contributed by atoms with van der Waals surface area (Å²) in [5.74, 6) is -1.47. The predicted molar refractivity (Wildman–Crippen MR) is 87.3 cm³/mol. The maximum absolute atomic E-state index is 11.9. The largest absolute Gasteiger partial charge is 0.478 e. The number of aryl methyl sites for hydroxylation is 1. The lowest BCUT2D eigenvalue weighted by atomic mass is 10.1. The van der Waals surface area contributed by atoms with Crippen molar-refractivity contribution >= 4 is 35.2 Å². The van der Waals surface area contributed by atoms with Crippen molar-refractivity contribution < 1.29 is 14.7 Å². The smallest absolute Gasteiger partial charge is 0.335 e. The number of anilines is 1. The van der Waals surface area contributed by atoms with Gasteiger partial charge in [-0.1, -0.05) is 41.4 Å². The molecule has 0 fully saturated rings. The first-order chi connectivity index (χ1) is 10.5. The maximum atomic E-state index is 11.9. The molecule has 0 spiro atoms. The Hall–Kier alpha value is -2.59. The van der Waals surface area contributed by atoms with Crippen molar-refractivity contribution in [3.05, 3.63) is 70.3 Å². The van der Waals surface area contributed by atoms with Crippen LogP contribution in [-0.4, -0.2) is 17.0 Å². The van der Waals surface area contributed by atoms with Gasteiger partial charge in [0, 0.05) is 6.08 Å². The van der Waals surface area contributed by atoms with Crippen molar-refractivity contribution in [2.45, 2.75) is 6.92 Å². The minimum Gasteiger partial charge on any atom is -0.478 e. The Morgan fingerprint density at radius 3 is 2.45 bits per heavy atom. The normalized spacial score (nSPS) is 10.6. The van der Waals surface area contributed by atoms with Crippen LogP contribution in [0, 0.1) is 6.92 Å². The highest BCUT2D eigenvalue weighted by molar-refractivity contribution is 6.34. The van der Waals surface area contributed by atoms with Gasteiger partial charge in [-0.3, -0.25) is 4.79 Å². The fourth-order valence-corrected chi connectivity index (χ4v) is 1.94. The van der Waals surface area contributed by atoms with Crippen LogP contribution in [0.5, 0.6) is 0 Å². The first kappa shape index (κ1) is 15.8. The molecule has 112 valence electrons. The second-order valence-electron chi connectivity index (χ2n) is 4.73. The minimum absolute atomic E-state index is 0.0576. The summed E-state index contributed by atoms with van der Waals surface area (Å²) >= 11 is 5.95. The second kappa shape index (κ2) is 6.91. The number of carboxylic acid groups (broad SMARTS) is 1. The van der Waals surface area contributed by atoms with E-state index < -0.39 is 5.97 Å². The fraction of sp³-hybridized carbons (Fsp3) is 0.0588. The van der Waals surface area contributed by atoms with E-state index in [2.05, 4.69) is 5.32 Å². The number of hydrogen-bond donors (Lipinski definition) is 2. The quantitative estimate of drug-likeness (QED) is 0.838. The van der Waals surface area contributed by atoms with E-state index in [9.17, 15) is 9.59 Å². The summed E-state index contributed by atoms with van der Waals surface area (Å²) in [5, 5.41) is 11.8. The molecule has 0 saturated heterocycles. The minimum atomic E-state index is -1.08. The molecular formula is C17H14ClNO3. The van der Waals surface area contributed by atoms with Crippen molar-refractivity contribution in [1.82, 2.24) is 0 Å². The molecule has 0 radical (unpaired) electrons. The molecule has 1 amide bonds. The van der Waals surface area contributed by atoms with Gasteiger partial charge < -0.3 is 10.4 Å². The highest BCUT2D eigenvalue weighted by Crippen LogP contribution is 2.23. The van der Waals surface area contributed by atoms with E-state index >= 15 is 0 Å². The predicted octanol–water partition coefficient (Wildman–Crippen LogP) is 4.00. The van der Waals surface area contributed by atoms with E-state index in [1.165, 1.54) is 24.3 Å². The summed E-state index contributed by atoms with van der Waals surface area (Å²) < 4.78 is 0. The third-order valence-corrected chi connectivity index (χ3v) is 3.31. The molecule has 0 aliphatic carbocycles. The van der Waals surface area contributed by atoms with Gasteiger partial charge in [0.2, 0.25) is 5.91 Å². The molecule has 0 saturated carbocycles. The van der Waals surface area contributed by atoms with Crippen molar-refractivity contribution in [3.63, 3.8) is 0 Å². The zero-order valence-corrected chi connectivity index (χ0v) is 12.6. The summed E-state index contributed by atoms with van der Waals surface area (Å²) in [6.07, 6.45) is 3.04. The van der Waals surface area contributed by atoms with Crippen LogP contribution < -0.4 is 5.32 Å². The van der Waals surface area contributed by atoms with Crippen LogP contribution in [0.3, 0.4) is 0 Å². The van der Waals surface area contributed by atoms with E-state index in [-0.39, 0.29) is 22.2 Å². The van der Waals surface area contributed by atoms with E-state index in [1.54, 1.807) is 6.08 Å². The molecule has 0 heterocycles. The van der Waals surface area contributed by atoms with E-state index in [4.69, 9.17) is 16.7 Å². The zero-order chi connectivity index (χ0) is 16.1. The third-order valence-electron chi connectivity index (χ3n) is 2.98. The van der Waals surface area contributed by atoms with Crippen LogP contribution in [0.1, 0.15) is 21.5 Å². The lowest BCUT2D eigenvalue weighted by Gasteiger charge is -2.06. The van der Waals surface area contributed by atoms with Crippen LogP contribution in [-0.2, 0) is 4.79 Å². The van der Waals surface area contributed by atoms with Gasteiger partial charge >= 0.3 is 5.97 Å². The Bertz CT molecular complexity index is 736. The number of aromatic carboxylic acids is 1. The number of carbonyl (C=O) groups is 2. The van der Waals surface area contributed by atoms with Crippen LogP contribution >= 0.6 is 11.6 Å². The molecule has 2 aromatic rings. The van der Waals surface area contributed by atoms with Crippen LogP contribution in [0.15, 0.2) is 48.5 Å². The average Bonchev–Trinajstić information content (AvgIpc) is 2.48. The number of halogens is 1. The Kier molecular flexibility index (Phi) is 4.96. The Labute approximate surface area is 133 Å². The van der Waals surface area contributed by atoms with E-state index in [1.807, 2.05) is 31.2 Å². The maximum Gasteiger partial charge on any atom is 0.335 e. The highest BCUT2D eigenvalue weighted by Gasteiger charge is 2.08. The molecule has 22 heavy (non-hydrogen) atoms. The topological polar surface area (TPSA) is 66.4 Å². The molecule has 0 bridgehead atoms. The van der Waals surface area contributed by atoms with Crippen molar-refractivity contribution in [3.8, 4) is 0 Å². The van der Waals surface area contributed by atoms with Crippen molar-refractivity contribution in [2.24, 2.45) is 0 Å². The van der Waals surface area contributed by atoms with Gasteiger partial charge in [-0.05, 0) is 36.8 Å². The van der Waals surface area contributed by atoms with Gasteiger partial charge in [0.15, 0.2) is 0 Å². The zero-order valence-electron chi connectivity index (χ0n) is 11.8. The monoisotopic (exact) mass is 315 g/mol. The fourth-order valence-electron chi connectivity index (χ4n) is 1.78. The third kappa shape index (κ3) is 4.20. The molecule has 5 heteroatoms. The summed E-state index contributed by atoms with van der Waals surface area (Å²) in [6.45, 7) is 1.98. The molecule has 2 aromatic carbocycles. The standard InChI is InChI=1S/C17H14ClNO3/c1-11-2-4-12(5-3-11)6-9-16(20)19-15-10-13(17(21)22)7-8-14(15)18/h2-10H,1H3,(H,19,20)(H,21,22)/b9-6+. The number of amides is 1. The number of carbonyl (C=O) groups excluding carboxylic acids is 1. The molecular weight excluding hydrogens is 302 g/mol. The number of rotatable bonds is 4. The first-order valence-electron chi connectivity index (χ1n) is 6.54. The Morgan fingerprint density at radius 2 is 1.82 bits per heavy atom. The highest BCUT2D eigenvalue weighted by atomic mass is 35.5. The number of benzene rings is 2. The van der Waals surface area contributed by atoms with Gasteiger partial charge in [-0.2, -0.15) is 0 Å². The average molecular weight is 316 g/mol. The number of carboxylic acids is 1. The van der Waals surface area contributed by atoms with Crippen molar-refractivity contribution in [1.29, 1.82) is 0 Å². The van der Waals surface area contributed by atoms with Gasteiger partial charge in [0.1, 0.15) is 0 Å². The molecule has 0 unspecified atom stereocenters. The van der Waals surface area contributed by atoms with Gasteiger partial charge in [-0.25, -0.2) is 4.79 Å². The molecule has 4 nitrogen and oxygen atoms in total. The Morgan fingerprint density at radius 1 is 1.14 bits per heavy atom. The lowest BCUT2D eigenvalue weighted by Crippen LogP contribution is -2.09. The van der Waals surface area contributed by atoms with Crippen LogP contribution in [0.2, 0.25) is 5.02 Å². The molecule has 0 aliphatic rings. The Balaban J connectivity index is 2.10. The molecule has 0 atom stereocenters. The van der Waals surface area contributed by atoms with Gasteiger partial charge in [0.05, 0.1) is 16.3 Å². The number of hydrogen-bond acceptors (Lipinski definition) is 2. The summed E-state index contributed by atoms with van der Waals surface area (Å²) in [7, 11) is 0. The van der Waals surface area contributed by atoms with E-state index in [0.717, 1.165) is 11.1 Å². The van der Waals surface area contributed by atoms with Crippen molar-refractivity contribution in [2.75, 3.05) is 5.32 Å². The molecule has 0 aliphatic heterocycles. The summed E-state index contributed by atoms with van der Waals surface area (Å²) in [5.41, 5.74) is 2.35. The number of nitrogens with one attached hydrogen (secondary N) is 1. The summed E-state index contributed by atoms with van der Waals surface area (Å²) in [6, 6.07) is 11.8. The SMILES string of the molecule is Cc1ccc(/C=C/C(=O)Nc2cc(C(=O)O)ccc2Cl)cc1. The second-order valence-corrected chi connectivity index (χ2v) is 5.14. The molecule has 2 N–H and O–H groups in total. The first-order valence-corrected chi connectivity index (χ1v) is 6.92. The molecule has 2 rings (SSSR count). The molecule has 0 aromatic heterocycles. The van der Waals surface area contributed by atoms with Crippen LogP contribution in [0.4, 0.5) is 5.69 Å². The van der Waals surface area contributed by atoms with Gasteiger partial charge in [-0.15, -0.1) is 0 Å². The summed E-state index contributed by atoms with van der Waals surface area (Å²) in [4.78, 5) is 22.8.